The molecule has 0 spiro atoms. The molecule has 0 bridgehead atoms. The fourth-order valence-corrected chi connectivity index (χ4v) is 1.83. The minimum atomic E-state index is -0.245. The average Bonchev–Trinajstić information content (AvgIpc) is 2.52. The van der Waals surface area contributed by atoms with E-state index in [1.54, 1.807) is 24.3 Å². The van der Waals surface area contributed by atoms with Crippen molar-refractivity contribution in [2.24, 2.45) is 0 Å². The second-order valence-corrected chi connectivity index (χ2v) is 4.23. The van der Waals surface area contributed by atoms with Gasteiger partial charge in [-0.3, -0.25) is 0 Å². The van der Waals surface area contributed by atoms with E-state index in [1.807, 2.05) is 17.0 Å². The van der Waals surface area contributed by atoms with Crippen LogP contribution in [-0.4, -0.2) is 18.8 Å². The third-order valence-corrected chi connectivity index (χ3v) is 2.80. The fourth-order valence-electron chi connectivity index (χ4n) is 1.83. The summed E-state index contributed by atoms with van der Waals surface area (Å²) in [6.07, 6.45) is 5.39. The van der Waals surface area contributed by atoms with Crippen molar-refractivity contribution in [3.8, 4) is 12.3 Å². The Balaban J connectivity index is 0.00000141. The molecule has 0 aliphatic rings. The molecule has 0 unspecified atom stereocenters. The van der Waals surface area contributed by atoms with Crippen molar-refractivity contribution in [2.75, 3.05) is 18.6 Å². The van der Waals surface area contributed by atoms with Gasteiger partial charge in [0.2, 0.25) is 0 Å². The van der Waals surface area contributed by atoms with Crippen molar-refractivity contribution in [3.05, 3.63) is 65.6 Å². The van der Waals surface area contributed by atoms with E-state index in [0.717, 1.165) is 18.4 Å². The molecule has 0 amide bonds. The van der Waals surface area contributed by atoms with Crippen molar-refractivity contribution < 1.29 is 42.2 Å². The van der Waals surface area contributed by atoms with Crippen LogP contribution in [0.1, 0.15) is 5.56 Å². The second-order valence-electron chi connectivity index (χ2n) is 4.23. The van der Waals surface area contributed by atoms with Gasteiger partial charge in [0, 0.05) is 52.1 Å². The van der Waals surface area contributed by atoms with Crippen LogP contribution in [0.4, 0.5) is 15.8 Å². The van der Waals surface area contributed by atoms with E-state index in [0.29, 0.717) is 18.8 Å². The summed E-state index contributed by atoms with van der Waals surface area (Å²) in [5.74, 6) is 2.37. The molecule has 1 radical (unpaired) electrons. The number of benzene rings is 2. The van der Waals surface area contributed by atoms with E-state index in [1.165, 1.54) is 12.1 Å². The topological polar surface area (TPSA) is 47.3 Å². The molecule has 2 rings (SSSR count). The standard InChI is InChI=1S/C16H14FN2.CH4O.Y/c1-2-11-19(16-9-7-15(18)8-10-16)12-13-3-5-14(17)6-4-13;1-2;/h1,3-10,18H,11-12H2;2H,1H3;/q-1;;. The Morgan fingerprint density at radius 3 is 2.14 bits per heavy atom. The molecule has 0 aromatic heterocycles. The third-order valence-electron chi connectivity index (χ3n) is 2.80. The van der Waals surface area contributed by atoms with Gasteiger partial charge in [-0.2, -0.15) is 0 Å². The number of aliphatic hydroxyl groups is 1. The first-order valence-corrected chi connectivity index (χ1v) is 6.38. The largest absolute Gasteiger partial charge is 0.699 e. The maximum atomic E-state index is 12.9. The van der Waals surface area contributed by atoms with Crippen LogP contribution in [0, 0.1) is 18.2 Å². The van der Waals surface area contributed by atoms with E-state index in [4.69, 9.17) is 17.3 Å². The van der Waals surface area contributed by atoms with Gasteiger partial charge < -0.3 is 15.7 Å². The van der Waals surface area contributed by atoms with Gasteiger partial charge in [-0.15, -0.1) is 12.1 Å². The number of rotatable bonds is 4. The van der Waals surface area contributed by atoms with Crippen molar-refractivity contribution in [1.29, 1.82) is 0 Å². The number of halogens is 1. The number of anilines is 1. The van der Waals surface area contributed by atoms with Gasteiger partial charge in [0.1, 0.15) is 5.82 Å². The number of hydrogen-bond acceptors (Lipinski definition) is 2. The molecule has 0 aliphatic carbocycles. The summed E-state index contributed by atoms with van der Waals surface area (Å²) in [4.78, 5) is 2.01. The summed E-state index contributed by atoms with van der Waals surface area (Å²) in [5.41, 5.74) is 9.89. The van der Waals surface area contributed by atoms with Gasteiger partial charge in [-0.05, 0) is 29.8 Å². The molecule has 0 aliphatic heterocycles. The number of aliphatic hydroxyl groups excluding tert-OH is 1. The molecule has 0 fully saturated rings. The number of hydrogen-bond donors (Lipinski definition) is 1. The summed E-state index contributed by atoms with van der Waals surface area (Å²) in [5, 5.41) is 7.00. The SMILES string of the molecule is C#CCN(Cc1ccc(F)cc1)c1ccc([NH-])cc1.CO.[Y]. The summed E-state index contributed by atoms with van der Waals surface area (Å²) in [7, 11) is 1.00. The summed E-state index contributed by atoms with van der Waals surface area (Å²) in [6.45, 7) is 1.08. The molecule has 0 atom stereocenters. The summed E-state index contributed by atoms with van der Waals surface area (Å²) >= 11 is 0. The molecule has 0 heterocycles. The van der Waals surface area contributed by atoms with Crippen LogP contribution < -0.4 is 4.90 Å². The zero-order valence-corrected chi connectivity index (χ0v) is 15.3. The quantitative estimate of drug-likeness (QED) is 0.829. The second kappa shape index (κ2) is 11.2. The molecule has 2 aromatic carbocycles. The molecule has 3 nitrogen and oxygen atoms in total. The summed E-state index contributed by atoms with van der Waals surface area (Å²) in [6, 6.07) is 13.6. The van der Waals surface area contributed by atoms with Gasteiger partial charge in [0.25, 0.3) is 0 Å². The van der Waals surface area contributed by atoms with E-state index in [9.17, 15) is 4.39 Å². The zero-order valence-electron chi connectivity index (χ0n) is 12.5. The van der Waals surface area contributed by atoms with Crippen molar-refractivity contribution in [1.82, 2.24) is 0 Å². The van der Waals surface area contributed by atoms with Crippen LogP contribution in [-0.2, 0) is 39.3 Å². The van der Waals surface area contributed by atoms with Crippen LogP contribution in [0.3, 0.4) is 0 Å². The predicted octanol–water partition coefficient (Wildman–Crippen LogP) is 3.76. The van der Waals surface area contributed by atoms with E-state index >= 15 is 0 Å². The van der Waals surface area contributed by atoms with Gasteiger partial charge in [-0.1, -0.05) is 30.2 Å². The smallest absolute Gasteiger partial charge is 0.123 e. The maximum Gasteiger partial charge on any atom is 0.123 e. The molecule has 0 saturated carbocycles. The number of nitrogens with one attached hydrogen (secondary N) is 1. The summed E-state index contributed by atoms with van der Waals surface area (Å²) < 4.78 is 12.9. The van der Waals surface area contributed by atoms with E-state index in [2.05, 4.69) is 5.92 Å². The Morgan fingerprint density at radius 2 is 1.64 bits per heavy atom. The van der Waals surface area contributed by atoms with Crippen molar-refractivity contribution >= 4 is 11.4 Å². The Hall–Kier alpha value is -1.41. The Bertz CT molecular complexity index is 579. The predicted molar refractivity (Wildman–Crippen MR) is 84.8 cm³/mol. The fraction of sp³-hybridized carbons (Fsp3) is 0.176. The van der Waals surface area contributed by atoms with Crippen LogP contribution in [0.15, 0.2) is 48.5 Å². The van der Waals surface area contributed by atoms with Crippen LogP contribution >= 0.6 is 0 Å². The monoisotopic (exact) mass is 374 g/mol. The molecular weight excluding hydrogens is 356 g/mol. The molecule has 5 heteroatoms. The van der Waals surface area contributed by atoms with E-state index < -0.39 is 0 Å². The molecular formula is C17H18FN2OY-. The maximum absolute atomic E-state index is 12.9. The van der Waals surface area contributed by atoms with Gasteiger partial charge >= 0.3 is 0 Å². The normalized spacial score (nSPS) is 8.82. The van der Waals surface area contributed by atoms with Gasteiger partial charge in [-0.25, -0.2) is 4.39 Å². The first-order chi connectivity index (χ1) is 10.2. The van der Waals surface area contributed by atoms with Crippen LogP contribution in [0.2, 0.25) is 0 Å². The van der Waals surface area contributed by atoms with Crippen molar-refractivity contribution in [3.63, 3.8) is 0 Å². The van der Waals surface area contributed by atoms with Crippen LogP contribution in [0.5, 0.6) is 0 Å². The third kappa shape index (κ3) is 6.57. The first-order valence-electron chi connectivity index (χ1n) is 6.38. The Morgan fingerprint density at radius 1 is 1.09 bits per heavy atom. The number of nitrogens with zero attached hydrogens (tertiary/aromatic N) is 1. The zero-order chi connectivity index (χ0) is 15.7. The Kier molecular flexibility index (Phi) is 10.5. The molecule has 22 heavy (non-hydrogen) atoms. The molecule has 2 aromatic rings. The Labute approximate surface area is 156 Å². The number of terminal acetylenes is 1. The first kappa shape index (κ1) is 20.6. The van der Waals surface area contributed by atoms with Crippen LogP contribution in [0.25, 0.3) is 5.73 Å². The van der Waals surface area contributed by atoms with E-state index in [-0.39, 0.29) is 38.5 Å². The van der Waals surface area contributed by atoms with Crippen molar-refractivity contribution in [2.45, 2.75) is 6.54 Å². The van der Waals surface area contributed by atoms with Gasteiger partial charge in [0.15, 0.2) is 0 Å². The molecule has 113 valence electrons. The molecule has 0 saturated heterocycles. The minimum absolute atomic E-state index is 0. The molecule has 2 N–H and O–H groups in total. The minimum Gasteiger partial charge on any atom is -0.699 e. The van der Waals surface area contributed by atoms with Gasteiger partial charge in [0.05, 0.1) is 6.54 Å². The average molecular weight is 374 g/mol.